The summed E-state index contributed by atoms with van der Waals surface area (Å²) in [5.41, 5.74) is 2.38. The molecule has 34 heavy (non-hydrogen) atoms. The highest BCUT2D eigenvalue weighted by molar-refractivity contribution is 7.91. The summed E-state index contributed by atoms with van der Waals surface area (Å²) in [5, 5.41) is 2.78. The molecule has 9 heteroatoms. The van der Waals surface area contributed by atoms with Crippen molar-refractivity contribution in [3.8, 4) is 0 Å². The van der Waals surface area contributed by atoms with Gasteiger partial charge < -0.3 is 10.1 Å². The molecular weight excluding hydrogens is 456 g/mol. The number of benzene rings is 3. The van der Waals surface area contributed by atoms with Crippen molar-refractivity contribution in [3.05, 3.63) is 82.9 Å². The molecule has 0 bridgehead atoms. The quantitative estimate of drug-likeness (QED) is 0.575. The fourth-order valence-corrected chi connectivity index (χ4v) is 5.53. The van der Waals surface area contributed by atoms with Gasteiger partial charge in [-0.3, -0.25) is 14.5 Å². The lowest BCUT2D eigenvalue weighted by atomic mass is 10.1. The molecule has 8 nitrogen and oxygen atoms in total. The first-order chi connectivity index (χ1) is 16.1. The first-order valence-electron chi connectivity index (χ1n) is 10.4. The van der Waals surface area contributed by atoms with Gasteiger partial charge in [0, 0.05) is 5.69 Å². The summed E-state index contributed by atoms with van der Waals surface area (Å²) in [6.45, 7) is 3.32. The maximum atomic E-state index is 13.5. The van der Waals surface area contributed by atoms with Crippen LogP contribution in [0.2, 0.25) is 0 Å². The van der Waals surface area contributed by atoms with Crippen molar-refractivity contribution in [2.24, 2.45) is 0 Å². The van der Waals surface area contributed by atoms with E-state index in [9.17, 15) is 22.8 Å². The van der Waals surface area contributed by atoms with E-state index >= 15 is 0 Å². The van der Waals surface area contributed by atoms with E-state index in [2.05, 4.69) is 5.32 Å². The van der Waals surface area contributed by atoms with Gasteiger partial charge in [0.15, 0.2) is 0 Å². The number of sulfone groups is 1. The zero-order valence-electron chi connectivity index (χ0n) is 18.8. The second-order valence-corrected chi connectivity index (χ2v) is 9.82. The molecule has 0 spiro atoms. The molecule has 0 aromatic heterocycles. The topological polar surface area (TPSA) is 110 Å². The summed E-state index contributed by atoms with van der Waals surface area (Å²) in [7, 11) is -2.91. The standard InChI is InChI=1S/C25H22N2O6S/c1-15-8-10-19(16(2)12-15)26-23(28)14-27-20-13-17(25(30)33-3)9-11-22(20)34(31,32)21-7-5-4-6-18(21)24(27)29/h4-13H,14H2,1-3H3,(H,26,28). The smallest absolute Gasteiger partial charge is 0.337 e. The minimum atomic E-state index is -4.11. The number of ether oxygens (including phenoxy) is 1. The van der Waals surface area contributed by atoms with Crippen molar-refractivity contribution in [1.82, 2.24) is 0 Å². The van der Waals surface area contributed by atoms with E-state index in [0.29, 0.717) is 5.69 Å². The summed E-state index contributed by atoms with van der Waals surface area (Å²) in [6.07, 6.45) is 0. The monoisotopic (exact) mass is 478 g/mol. The third-order valence-corrected chi connectivity index (χ3v) is 7.43. The van der Waals surface area contributed by atoms with Gasteiger partial charge in [-0.1, -0.05) is 29.8 Å². The molecule has 0 radical (unpaired) electrons. The van der Waals surface area contributed by atoms with Crippen LogP contribution in [0.5, 0.6) is 0 Å². The molecule has 4 rings (SSSR count). The second-order valence-electron chi connectivity index (χ2n) is 7.93. The number of fused-ring (bicyclic) bond motifs is 2. The molecule has 0 saturated heterocycles. The van der Waals surface area contributed by atoms with Crippen LogP contribution in [-0.4, -0.2) is 39.9 Å². The highest BCUT2D eigenvalue weighted by Crippen LogP contribution is 2.37. The molecule has 0 aliphatic carbocycles. The van der Waals surface area contributed by atoms with Crippen LogP contribution < -0.4 is 10.2 Å². The number of anilines is 2. The first-order valence-corrected chi connectivity index (χ1v) is 11.9. The van der Waals surface area contributed by atoms with Gasteiger partial charge in [0.25, 0.3) is 5.91 Å². The molecule has 1 N–H and O–H groups in total. The van der Waals surface area contributed by atoms with Crippen molar-refractivity contribution in [2.75, 3.05) is 23.9 Å². The van der Waals surface area contributed by atoms with E-state index in [1.165, 1.54) is 43.5 Å². The van der Waals surface area contributed by atoms with Crippen LogP contribution in [0.25, 0.3) is 0 Å². The van der Waals surface area contributed by atoms with Gasteiger partial charge in [0.1, 0.15) is 6.54 Å². The van der Waals surface area contributed by atoms with E-state index in [1.54, 1.807) is 12.1 Å². The van der Waals surface area contributed by atoms with E-state index in [4.69, 9.17) is 4.74 Å². The van der Waals surface area contributed by atoms with Crippen molar-refractivity contribution in [2.45, 2.75) is 23.6 Å². The number of methoxy groups -OCH3 is 1. The van der Waals surface area contributed by atoms with Crippen LogP contribution in [0, 0.1) is 13.8 Å². The Morgan fingerprint density at radius 2 is 1.71 bits per heavy atom. The van der Waals surface area contributed by atoms with Crippen LogP contribution in [0.4, 0.5) is 11.4 Å². The first kappa shape index (κ1) is 23.2. The molecule has 1 aliphatic heterocycles. The Balaban J connectivity index is 1.83. The molecule has 0 fully saturated rings. The molecular formula is C25H22N2O6S. The number of amides is 2. The number of rotatable bonds is 4. The average Bonchev–Trinajstić information content (AvgIpc) is 2.88. The van der Waals surface area contributed by atoms with Crippen LogP contribution >= 0.6 is 0 Å². The van der Waals surface area contributed by atoms with Gasteiger partial charge in [-0.15, -0.1) is 0 Å². The van der Waals surface area contributed by atoms with E-state index in [1.807, 2.05) is 26.0 Å². The SMILES string of the molecule is COC(=O)c1ccc2c(c1)N(CC(=O)Nc1ccc(C)cc1C)C(=O)c1ccccc1S2(=O)=O. The highest BCUT2D eigenvalue weighted by Gasteiger charge is 2.36. The Hall–Kier alpha value is -3.98. The Morgan fingerprint density at radius 1 is 0.971 bits per heavy atom. The minimum absolute atomic E-state index is 0.0509. The zero-order valence-corrected chi connectivity index (χ0v) is 19.6. The van der Waals surface area contributed by atoms with Crippen LogP contribution in [-0.2, 0) is 19.4 Å². The predicted octanol–water partition coefficient (Wildman–Crippen LogP) is 3.52. The number of carbonyl (C=O) groups excluding carboxylic acids is 3. The normalized spacial score (nSPS) is 14.0. The number of aryl methyl sites for hydroxylation is 2. The number of esters is 1. The highest BCUT2D eigenvalue weighted by atomic mass is 32.2. The summed E-state index contributed by atoms with van der Waals surface area (Å²) in [4.78, 5) is 39.3. The molecule has 2 amide bonds. The maximum absolute atomic E-state index is 13.5. The summed E-state index contributed by atoms with van der Waals surface area (Å²) in [6, 6.07) is 15.2. The van der Waals surface area contributed by atoms with Crippen molar-refractivity contribution >= 4 is 39.0 Å². The Labute approximate surface area is 197 Å². The van der Waals surface area contributed by atoms with Gasteiger partial charge in [0.2, 0.25) is 15.7 Å². The van der Waals surface area contributed by atoms with Crippen LogP contribution in [0.1, 0.15) is 31.8 Å². The molecule has 3 aromatic rings. The van der Waals surface area contributed by atoms with Gasteiger partial charge >= 0.3 is 5.97 Å². The zero-order chi connectivity index (χ0) is 24.6. The van der Waals surface area contributed by atoms with Gasteiger partial charge in [-0.25, -0.2) is 13.2 Å². The van der Waals surface area contributed by atoms with Crippen LogP contribution in [0.3, 0.4) is 0 Å². The third-order valence-electron chi connectivity index (χ3n) is 5.57. The Morgan fingerprint density at radius 3 is 2.41 bits per heavy atom. The average molecular weight is 479 g/mol. The molecule has 0 unspecified atom stereocenters. The number of nitrogens with one attached hydrogen (secondary N) is 1. The summed E-state index contributed by atoms with van der Waals surface area (Å²) >= 11 is 0. The molecule has 174 valence electrons. The molecule has 0 saturated carbocycles. The van der Waals surface area contributed by atoms with E-state index in [-0.39, 0.29) is 26.6 Å². The third kappa shape index (κ3) is 4.06. The van der Waals surface area contributed by atoms with Gasteiger partial charge in [-0.05, 0) is 55.8 Å². The predicted molar refractivity (Wildman–Crippen MR) is 126 cm³/mol. The van der Waals surface area contributed by atoms with Gasteiger partial charge in [-0.2, -0.15) is 0 Å². The Bertz CT molecular complexity index is 1450. The lowest BCUT2D eigenvalue weighted by Gasteiger charge is -2.23. The van der Waals surface area contributed by atoms with Crippen molar-refractivity contribution in [1.29, 1.82) is 0 Å². The fraction of sp³-hybridized carbons (Fsp3) is 0.160. The molecule has 0 atom stereocenters. The molecule has 3 aromatic carbocycles. The van der Waals surface area contributed by atoms with Crippen LogP contribution in [0.15, 0.2) is 70.5 Å². The van der Waals surface area contributed by atoms with Crippen molar-refractivity contribution < 1.29 is 27.5 Å². The second kappa shape index (κ2) is 8.75. The largest absolute Gasteiger partial charge is 0.465 e. The Kier molecular flexibility index (Phi) is 5.97. The fourth-order valence-electron chi connectivity index (χ4n) is 3.90. The number of carbonyl (C=O) groups is 3. The molecule has 1 heterocycles. The summed E-state index contributed by atoms with van der Waals surface area (Å²) < 4.78 is 31.6. The maximum Gasteiger partial charge on any atom is 0.337 e. The minimum Gasteiger partial charge on any atom is -0.465 e. The molecule has 1 aliphatic rings. The number of hydrogen-bond acceptors (Lipinski definition) is 6. The number of hydrogen-bond donors (Lipinski definition) is 1. The number of nitrogens with zero attached hydrogens (tertiary/aromatic N) is 1. The van der Waals surface area contributed by atoms with E-state index in [0.717, 1.165) is 16.0 Å². The summed E-state index contributed by atoms with van der Waals surface area (Å²) in [5.74, 6) is -1.89. The van der Waals surface area contributed by atoms with Gasteiger partial charge in [0.05, 0.1) is 33.7 Å². The lowest BCUT2D eigenvalue weighted by molar-refractivity contribution is -0.114. The van der Waals surface area contributed by atoms with E-state index < -0.39 is 34.2 Å². The lowest BCUT2D eigenvalue weighted by Crippen LogP contribution is -2.38. The van der Waals surface area contributed by atoms with Crippen molar-refractivity contribution in [3.63, 3.8) is 0 Å².